The molecule has 0 bridgehead atoms. The fourth-order valence-electron chi connectivity index (χ4n) is 2.47. The van der Waals surface area contributed by atoms with Gasteiger partial charge in [0.2, 0.25) is 0 Å². The predicted molar refractivity (Wildman–Crippen MR) is 85.8 cm³/mol. The molecular weight excluding hydrogens is 264 g/mol. The Hall–Kier alpha value is -1.10. The molecule has 0 aromatic heterocycles. The van der Waals surface area contributed by atoms with Crippen molar-refractivity contribution in [3.05, 3.63) is 29.8 Å². The highest BCUT2D eigenvalue weighted by Crippen LogP contribution is 2.18. The minimum Gasteiger partial charge on any atom is -0.492 e. The Morgan fingerprint density at radius 1 is 1.38 bits per heavy atom. The van der Waals surface area contributed by atoms with Gasteiger partial charge in [0.25, 0.3) is 0 Å². The smallest absolute Gasteiger partial charge is 0.123 e. The normalized spacial score (nSPS) is 19.9. The molecule has 1 N–H and O–H groups in total. The summed E-state index contributed by atoms with van der Waals surface area (Å²) in [6.45, 7) is 11.7. The molecule has 1 aliphatic heterocycles. The summed E-state index contributed by atoms with van der Waals surface area (Å²) in [5.74, 6) is 0.992. The van der Waals surface area contributed by atoms with Gasteiger partial charge in [-0.3, -0.25) is 4.90 Å². The van der Waals surface area contributed by atoms with E-state index in [1.807, 2.05) is 6.07 Å². The maximum absolute atomic E-state index is 6.00. The second kappa shape index (κ2) is 8.37. The third-order valence-electron chi connectivity index (χ3n) is 3.81. The molecule has 1 aliphatic rings. The second-order valence-corrected chi connectivity index (χ2v) is 5.95. The van der Waals surface area contributed by atoms with Gasteiger partial charge in [0.05, 0.1) is 13.2 Å². The number of hydrogen-bond acceptors (Lipinski definition) is 4. The van der Waals surface area contributed by atoms with Crippen LogP contribution in [-0.4, -0.2) is 49.9 Å². The van der Waals surface area contributed by atoms with Gasteiger partial charge in [-0.15, -0.1) is 0 Å². The molecule has 1 aromatic rings. The van der Waals surface area contributed by atoms with Crippen LogP contribution in [0.25, 0.3) is 0 Å². The van der Waals surface area contributed by atoms with Crippen molar-refractivity contribution in [1.29, 1.82) is 0 Å². The number of nitrogens with one attached hydrogen (secondary N) is 1. The fraction of sp³-hybridized carbons (Fsp3) is 0.647. The van der Waals surface area contributed by atoms with E-state index in [1.165, 1.54) is 5.56 Å². The minimum absolute atomic E-state index is 0.479. The molecule has 4 nitrogen and oxygen atoms in total. The first-order valence-corrected chi connectivity index (χ1v) is 7.92. The monoisotopic (exact) mass is 292 g/mol. The Labute approximate surface area is 128 Å². The van der Waals surface area contributed by atoms with Crippen molar-refractivity contribution in [1.82, 2.24) is 10.2 Å². The Morgan fingerprint density at radius 2 is 2.19 bits per heavy atom. The Balaban J connectivity index is 1.82. The molecule has 1 saturated heterocycles. The molecule has 2 rings (SSSR count). The molecule has 1 aromatic carbocycles. The third-order valence-corrected chi connectivity index (χ3v) is 3.81. The van der Waals surface area contributed by atoms with Crippen LogP contribution in [-0.2, 0) is 11.3 Å². The van der Waals surface area contributed by atoms with E-state index >= 15 is 0 Å². The minimum atomic E-state index is 0.479. The van der Waals surface area contributed by atoms with Gasteiger partial charge in [0.1, 0.15) is 12.4 Å². The number of ether oxygens (including phenoxy) is 2. The number of hydrogen-bond donors (Lipinski definition) is 1. The van der Waals surface area contributed by atoms with E-state index in [4.69, 9.17) is 9.47 Å². The topological polar surface area (TPSA) is 33.7 Å². The van der Waals surface area contributed by atoms with Gasteiger partial charge in [-0.2, -0.15) is 0 Å². The Kier molecular flexibility index (Phi) is 6.49. The zero-order chi connectivity index (χ0) is 15.1. The summed E-state index contributed by atoms with van der Waals surface area (Å²) in [6.07, 6.45) is 0. The average molecular weight is 292 g/mol. The first-order chi connectivity index (χ1) is 10.2. The highest BCUT2D eigenvalue weighted by atomic mass is 16.5. The summed E-state index contributed by atoms with van der Waals surface area (Å²) in [5.41, 5.74) is 1.22. The van der Waals surface area contributed by atoms with Crippen LogP contribution in [0.1, 0.15) is 26.3 Å². The SMILES string of the molecule is CC(C)NCc1ccccc1OCCN1CCOCC1C. The van der Waals surface area contributed by atoms with Crippen molar-refractivity contribution >= 4 is 0 Å². The molecule has 0 spiro atoms. The predicted octanol–water partition coefficient (Wildman–Crippen LogP) is 2.28. The summed E-state index contributed by atoms with van der Waals surface area (Å²) < 4.78 is 11.5. The van der Waals surface area contributed by atoms with Crippen LogP contribution in [0.15, 0.2) is 24.3 Å². The maximum atomic E-state index is 6.00. The van der Waals surface area contributed by atoms with E-state index in [2.05, 4.69) is 49.2 Å². The maximum Gasteiger partial charge on any atom is 0.123 e. The molecule has 0 saturated carbocycles. The third kappa shape index (κ3) is 5.30. The van der Waals surface area contributed by atoms with Gasteiger partial charge in [-0.25, -0.2) is 0 Å². The zero-order valence-electron chi connectivity index (χ0n) is 13.5. The van der Waals surface area contributed by atoms with Gasteiger partial charge in [0, 0.05) is 37.3 Å². The molecule has 4 heteroatoms. The van der Waals surface area contributed by atoms with Crippen LogP contribution in [0.2, 0.25) is 0 Å². The van der Waals surface area contributed by atoms with Crippen molar-refractivity contribution in [2.45, 2.75) is 39.4 Å². The number of benzene rings is 1. The second-order valence-electron chi connectivity index (χ2n) is 5.95. The van der Waals surface area contributed by atoms with Gasteiger partial charge < -0.3 is 14.8 Å². The summed E-state index contributed by atoms with van der Waals surface area (Å²) in [4.78, 5) is 2.43. The average Bonchev–Trinajstić information content (AvgIpc) is 2.48. The lowest BCUT2D eigenvalue weighted by atomic mass is 10.2. The summed E-state index contributed by atoms with van der Waals surface area (Å²) in [6, 6.07) is 9.24. The Morgan fingerprint density at radius 3 is 2.95 bits per heavy atom. The van der Waals surface area contributed by atoms with Crippen molar-refractivity contribution in [3.63, 3.8) is 0 Å². The van der Waals surface area contributed by atoms with Crippen molar-refractivity contribution in [2.75, 3.05) is 32.9 Å². The van der Waals surface area contributed by atoms with Crippen LogP contribution in [0, 0.1) is 0 Å². The number of rotatable bonds is 7. The lowest BCUT2D eigenvalue weighted by Gasteiger charge is -2.33. The molecule has 1 heterocycles. The van der Waals surface area contributed by atoms with Crippen molar-refractivity contribution < 1.29 is 9.47 Å². The highest BCUT2D eigenvalue weighted by Gasteiger charge is 2.18. The first-order valence-electron chi connectivity index (χ1n) is 7.92. The summed E-state index contributed by atoms with van der Waals surface area (Å²) in [7, 11) is 0. The van der Waals surface area contributed by atoms with Crippen LogP contribution in [0.3, 0.4) is 0 Å². The molecule has 0 aliphatic carbocycles. The van der Waals surface area contributed by atoms with Crippen LogP contribution in [0.4, 0.5) is 0 Å². The zero-order valence-corrected chi connectivity index (χ0v) is 13.5. The molecule has 1 unspecified atom stereocenters. The van der Waals surface area contributed by atoms with E-state index < -0.39 is 0 Å². The van der Waals surface area contributed by atoms with Gasteiger partial charge >= 0.3 is 0 Å². The van der Waals surface area contributed by atoms with Gasteiger partial charge in [-0.05, 0) is 13.0 Å². The van der Waals surface area contributed by atoms with E-state index in [0.29, 0.717) is 12.1 Å². The number of para-hydroxylation sites is 1. The molecule has 118 valence electrons. The Bertz CT molecular complexity index is 423. The summed E-state index contributed by atoms with van der Waals surface area (Å²) >= 11 is 0. The lowest BCUT2D eigenvalue weighted by molar-refractivity contribution is -0.00519. The van der Waals surface area contributed by atoms with E-state index in [9.17, 15) is 0 Å². The number of nitrogens with zero attached hydrogens (tertiary/aromatic N) is 1. The lowest BCUT2D eigenvalue weighted by Crippen LogP contribution is -2.45. The standard InChI is InChI=1S/C17H28N2O2/c1-14(2)18-12-16-6-4-5-7-17(16)21-11-9-19-8-10-20-13-15(19)3/h4-7,14-15,18H,8-13H2,1-3H3. The molecule has 0 radical (unpaired) electrons. The van der Waals surface area contributed by atoms with E-state index in [0.717, 1.165) is 45.2 Å². The first kappa shape index (κ1) is 16.3. The molecule has 0 amide bonds. The molecule has 21 heavy (non-hydrogen) atoms. The highest BCUT2D eigenvalue weighted by molar-refractivity contribution is 5.33. The van der Waals surface area contributed by atoms with E-state index in [-0.39, 0.29) is 0 Å². The molecule has 1 atom stereocenters. The van der Waals surface area contributed by atoms with Gasteiger partial charge in [0.15, 0.2) is 0 Å². The van der Waals surface area contributed by atoms with Crippen LogP contribution < -0.4 is 10.1 Å². The largest absolute Gasteiger partial charge is 0.492 e. The van der Waals surface area contributed by atoms with Crippen LogP contribution >= 0.6 is 0 Å². The molecular formula is C17H28N2O2. The quantitative estimate of drug-likeness (QED) is 0.836. The van der Waals surface area contributed by atoms with Crippen molar-refractivity contribution in [3.8, 4) is 5.75 Å². The van der Waals surface area contributed by atoms with Crippen LogP contribution in [0.5, 0.6) is 5.75 Å². The van der Waals surface area contributed by atoms with Crippen molar-refractivity contribution in [2.24, 2.45) is 0 Å². The van der Waals surface area contributed by atoms with Gasteiger partial charge in [-0.1, -0.05) is 32.0 Å². The number of morpholine rings is 1. The van der Waals surface area contributed by atoms with E-state index in [1.54, 1.807) is 0 Å². The molecule has 1 fully saturated rings. The fourth-order valence-corrected chi connectivity index (χ4v) is 2.47. The summed E-state index contributed by atoms with van der Waals surface area (Å²) in [5, 5.41) is 3.44.